The minimum atomic E-state index is -1.79. The van der Waals surface area contributed by atoms with Gasteiger partial charge in [0.25, 0.3) is 0 Å². The van der Waals surface area contributed by atoms with Crippen molar-refractivity contribution in [2.45, 2.75) is 0 Å². The lowest BCUT2D eigenvalue weighted by Crippen LogP contribution is -2.30. The quantitative estimate of drug-likeness (QED) is 0.756. The molecule has 4 nitrogen and oxygen atoms in total. The van der Waals surface area contributed by atoms with Crippen LogP contribution in [0.1, 0.15) is 0 Å². The lowest BCUT2D eigenvalue weighted by atomic mass is 9.80. The van der Waals surface area contributed by atoms with E-state index >= 15 is 0 Å². The summed E-state index contributed by atoms with van der Waals surface area (Å²) in [5.74, 6) is -0.0146. The van der Waals surface area contributed by atoms with Crippen molar-refractivity contribution in [3.8, 4) is 17.2 Å². The number of phenols is 1. The molecule has 3 N–H and O–H groups in total. The lowest BCUT2D eigenvalue weighted by Gasteiger charge is -2.12. The SMILES string of the molecule is OB(O)c1cc(Oc2ccc(Cl)cc2Cl)c(O)cc1Cl. The standard InChI is InChI=1S/C12H8BCl3O4/c14-6-1-2-11(9(16)3-6)20-12-4-7(13(18)19)8(15)5-10(12)17/h1-5,17-19H. The Hall–Kier alpha value is -1.11. The van der Waals surface area contributed by atoms with Crippen LogP contribution in [0.25, 0.3) is 0 Å². The van der Waals surface area contributed by atoms with Crippen LogP contribution in [0.3, 0.4) is 0 Å². The molecule has 0 heterocycles. The number of halogens is 3. The van der Waals surface area contributed by atoms with E-state index < -0.39 is 7.12 Å². The summed E-state index contributed by atoms with van der Waals surface area (Å²) in [6.45, 7) is 0. The summed E-state index contributed by atoms with van der Waals surface area (Å²) in [7, 11) is -1.79. The van der Waals surface area contributed by atoms with Crippen molar-refractivity contribution < 1.29 is 19.9 Å². The molecule has 0 bridgehead atoms. The topological polar surface area (TPSA) is 69.9 Å². The molecule has 8 heteroatoms. The zero-order valence-electron chi connectivity index (χ0n) is 9.85. The molecule has 0 fully saturated rings. The van der Waals surface area contributed by atoms with E-state index in [-0.39, 0.29) is 32.8 Å². The molecular weight excluding hydrogens is 325 g/mol. The molecule has 0 atom stereocenters. The molecule has 0 radical (unpaired) electrons. The zero-order valence-corrected chi connectivity index (χ0v) is 12.1. The van der Waals surface area contributed by atoms with E-state index in [1.807, 2.05) is 0 Å². The highest BCUT2D eigenvalue weighted by molar-refractivity contribution is 6.62. The molecule has 0 spiro atoms. The molecule has 0 unspecified atom stereocenters. The minimum Gasteiger partial charge on any atom is -0.504 e. The molecule has 0 amide bonds. The van der Waals surface area contributed by atoms with Gasteiger partial charge in [-0.15, -0.1) is 0 Å². The number of benzene rings is 2. The monoisotopic (exact) mass is 332 g/mol. The van der Waals surface area contributed by atoms with Gasteiger partial charge in [0.05, 0.1) is 5.02 Å². The summed E-state index contributed by atoms with van der Waals surface area (Å²) < 4.78 is 5.42. The number of phenolic OH excluding ortho intramolecular Hbond substituents is 1. The first-order chi connectivity index (χ1) is 9.38. The average molecular weight is 333 g/mol. The van der Waals surface area contributed by atoms with Crippen molar-refractivity contribution in [1.29, 1.82) is 0 Å². The smallest absolute Gasteiger partial charge is 0.490 e. The Kier molecular flexibility index (Phi) is 4.68. The Morgan fingerprint density at radius 3 is 2.20 bits per heavy atom. The van der Waals surface area contributed by atoms with Gasteiger partial charge in [-0.25, -0.2) is 0 Å². The fourth-order valence-electron chi connectivity index (χ4n) is 1.51. The Balaban J connectivity index is 2.40. The highest BCUT2D eigenvalue weighted by Gasteiger charge is 2.19. The van der Waals surface area contributed by atoms with Crippen molar-refractivity contribution in [2.24, 2.45) is 0 Å². The number of rotatable bonds is 3. The van der Waals surface area contributed by atoms with Gasteiger partial charge in [0.15, 0.2) is 11.5 Å². The van der Waals surface area contributed by atoms with E-state index in [2.05, 4.69) is 0 Å². The normalized spacial score (nSPS) is 10.4. The summed E-state index contributed by atoms with van der Waals surface area (Å²) >= 11 is 17.5. The third kappa shape index (κ3) is 3.31. The molecule has 0 aliphatic rings. The molecule has 0 saturated carbocycles. The molecular formula is C12H8BCl3O4. The summed E-state index contributed by atoms with van der Waals surface area (Å²) in [6.07, 6.45) is 0. The number of ether oxygens (including phenoxy) is 1. The van der Waals surface area contributed by atoms with Gasteiger partial charge in [-0.2, -0.15) is 0 Å². The lowest BCUT2D eigenvalue weighted by molar-refractivity contribution is 0.409. The number of aromatic hydroxyl groups is 1. The molecule has 0 saturated heterocycles. The van der Waals surface area contributed by atoms with Crippen LogP contribution in [0.4, 0.5) is 0 Å². The van der Waals surface area contributed by atoms with Crippen LogP contribution in [-0.2, 0) is 0 Å². The number of hydrogen-bond acceptors (Lipinski definition) is 4. The average Bonchev–Trinajstić information content (AvgIpc) is 2.35. The molecule has 0 aliphatic heterocycles. The van der Waals surface area contributed by atoms with Crippen molar-refractivity contribution in [1.82, 2.24) is 0 Å². The van der Waals surface area contributed by atoms with Gasteiger partial charge in [-0.1, -0.05) is 34.8 Å². The Labute approximate surface area is 130 Å². The first-order valence-electron chi connectivity index (χ1n) is 5.40. The summed E-state index contributed by atoms with van der Waals surface area (Å²) in [4.78, 5) is 0. The molecule has 104 valence electrons. The van der Waals surface area contributed by atoms with E-state index in [1.54, 1.807) is 6.07 Å². The molecule has 0 aliphatic carbocycles. The van der Waals surface area contributed by atoms with Crippen LogP contribution in [0, 0.1) is 0 Å². The van der Waals surface area contributed by atoms with Crippen LogP contribution in [-0.4, -0.2) is 22.3 Å². The Bertz CT molecular complexity index is 649. The van der Waals surface area contributed by atoms with Gasteiger partial charge in [0.2, 0.25) is 0 Å². The van der Waals surface area contributed by atoms with Gasteiger partial charge in [0, 0.05) is 21.6 Å². The maximum Gasteiger partial charge on any atom is 0.490 e. The highest BCUT2D eigenvalue weighted by atomic mass is 35.5. The van der Waals surface area contributed by atoms with Gasteiger partial charge < -0.3 is 19.9 Å². The van der Waals surface area contributed by atoms with Crippen molar-refractivity contribution in [2.75, 3.05) is 0 Å². The van der Waals surface area contributed by atoms with Gasteiger partial charge in [0.1, 0.15) is 5.75 Å². The second-order valence-corrected chi connectivity index (χ2v) is 5.14. The maximum atomic E-state index is 9.76. The second-order valence-electron chi connectivity index (χ2n) is 3.89. The van der Waals surface area contributed by atoms with E-state index in [1.165, 1.54) is 18.2 Å². The van der Waals surface area contributed by atoms with Crippen LogP contribution in [0.5, 0.6) is 17.2 Å². The van der Waals surface area contributed by atoms with Gasteiger partial charge in [-0.05, 0) is 24.3 Å². The van der Waals surface area contributed by atoms with Crippen molar-refractivity contribution in [3.05, 3.63) is 45.4 Å². The number of hydrogen-bond donors (Lipinski definition) is 3. The fourth-order valence-corrected chi connectivity index (χ4v) is 2.22. The predicted octanol–water partition coefficient (Wildman–Crippen LogP) is 2.82. The van der Waals surface area contributed by atoms with E-state index in [4.69, 9.17) is 49.6 Å². The largest absolute Gasteiger partial charge is 0.504 e. The first kappa shape index (κ1) is 15.3. The van der Waals surface area contributed by atoms with Crippen LogP contribution >= 0.6 is 34.8 Å². The molecule has 20 heavy (non-hydrogen) atoms. The zero-order chi connectivity index (χ0) is 14.9. The third-order valence-electron chi connectivity index (χ3n) is 2.47. The summed E-state index contributed by atoms with van der Waals surface area (Å²) in [6, 6.07) is 6.93. The van der Waals surface area contributed by atoms with E-state index in [9.17, 15) is 5.11 Å². The molecule has 2 aromatic rings. The predicted molar refractivity (Wildman–Crippen MR) is 79.5 cm³/mol. The highest BCUT2D eigenvalue weighted by Crippen LogP contribution is 2.36. The first-order valence-corrected chi connectivity index (χ1v) is 6.53. The summed E-state index contributed by atoms with van der Waals surface area (Å²) in [5.41, 5.74) is 0.00422. The van der Waals surface area contributed by atoms with Gasteiger partial charge in [-0.3, -0.25) is 0 Å². The Morgan fingerprint density at radius 2 is 1.60 bits per heavy atom. The van der Waals surface area contributed by atoms with Gasteiger partial charge >= 0.3 is 7.12 Å². The van der Waals surface area contributed by atoms with Crippen LogP contribution in [0.2, 0.25) is 15.1 Å². The van der Waals surface area contributed by atoms with Crippen LogP contribution < -0.4 is 10.2 Å². The fraction of sp³-hybridized carbons (Fsp3) is 0. The molecule has 2 rings (SSSR count). The molecule has 2 aromatic carbocycles. The van der Waals surface area contributed by atoms with E-state index in [0.717, 1.165) is 6.07 Å². The summed E-state index contributed by atoms with van der Waals surface area (Å²) in [5, 5.41) is 28.8. The Morgan fingerprint density at radius 1 is 0.900 bits per heavy atom. The minimum absolute atomic E-state index is 0.00422. The van der Waals surface area contributed by atoms with Crippen molar-refractivity contribution in [3.63, 3.8) is 0 Å². The third-order valence-corrected chi connectivity index (χ3v) is 3.33. The van der Waals surface area contributed by atoms with Crippen LogP contribution in [0.15, 0.2) is 30.3 Å². The molecule has 0 aromatic heterocycles. The maximum absolute atomic E-state index is 9.76. The van der Waals surface area contributed by atoms with Crippen molar-refractivity contribution >= 4 is 47.4 Å². The second kappa shape index (κ2) is 6.12. The van der Waals surface area contributed by atoms with E-state index in [0.29, 0.717) is 5.02 Å².